The van der Waals surface area contributed by atoms with E-state index in [1.807, 2.05) is 0 Å². The SMILES string of the molecule is CC(Oc1c(F)cc(C(=O)O)cc1F)C(=O)N1CCCC1. The van der Waals surface area contributed by atoms with Gasteiger partial charge in [0.05, 0.1) is 5.56 Å². The van der Waals surface area contributed by atoms with Gasteiger partial charge in [0.25, 0.3) is 5.91 Å². The van der Waals surface area contributed by atoms with Crippen molar-refractivity contribution in [3.05, 3.63) is 29.3 Å². The first-order valence-corrected chi connectivity index (χ1v) is 6.58. The van der Waals surface area contributed by atoms with Crippen LogP contribution in [0.15, 0.2) is 12.1 Å². The molecule has 21 heavy (non-hydrogen) atoms. The number of aromatic carboxylic acids is 1. The van der Waals surface area contributed by atoms with Crippen LogP contribution in [-0.4, -0.2) is 41.1 Å². The maximum atomic E-state index is 13.7. The van der Waals surface area contributed by atoms with E-state index in [1.54, 1.807) is 4.90 Å². The van der Waals surface area contributed by atoms with Gasteiger partial charge < -0.3 is 14.7 Å². The highest BCUT2D eigenvalue weighted by molar-refractivity contribution is 5.87. The highest BCUT2D eigenvalue weighted by Crippen LogP contribution is 2.25. The summed E-state index contributed by atoms with van der Waals surface area (Å²) in [4.78, 5) is 24.3. The summed E-state index contributed by atoms with van der Waals surface area (Å²) in [6.07, 6.45) is 0.756. The fourth-order valence-corrected chi connectivity index (χ4v) is 2.22. The Hall–Kier alpha value is -2.18. The Labute approximate surface area is 120 Å². The summed E-state index contributed by atoms with van der Waals surface area (Å²) in [5, 5.41) is 8.70. The zero-order valence-electron chi connectivity index (χ0n) is 11.4. The zero-order chi connectivity index (χ0) is 15.6. The van der Waals surface area contributed by atoms with E-state index in [-0.39, 0.29) is 5.91 Å². The third-order valence-electron chi connectivity index (χ3n) is 3.31. The maximum Gasteiger partial charge on any atom is 0.335 e. The van der Waals surface area contributed by atoms with Gasteiger partial charge in [0, 0.05) is 13.1 Å². The Balaban J connectivity index is 2.15. The van der Waals surface area contributed by atoms with E-state index in [2.05, 4.69) is 0 Å². The van der Waals surface area contributed by atoms with Crippen molar-refractivity contribution < 1.29 is 28.2 Å². The molecule has 0 radical (unpaired) electrons. The minimum absolute atomic E-state index is 0.339. The van der Waals surface area contributed by atoms with E-state index in [9.17, 15) is 18.4 Å². The number of benzene rings is 1. The highest BCUT2D eigenvalue weighted by atomic mass is 19.1. The third-order valence-corrected chi connectivity index (χ3v) is 3.31. The predicted octanol–water partition coefficient (Wildman–Crippen LogP) is 2.05. The molecule has 0 aromatic heterocycles. The van der Waals surface area contributed by atoms with Gasteiger partial charge in [-0.15, -0.1) is 0 Å². The zero-order valence-corrected chi connectivity index (χ0v) is 11.4. The number of hydrogen-bond donors (Lipinski definition) is 1. The van der Waals surface area contributed by atoms with Crippen molar-refractivity contribution in [2.45, 2.75) is 25.9 Å². The lowest BCUT2D eigenvalue weighted by atomic mass is 10.2. The molecule has 0 saturated carbocycles. The number of ether oxygens (including phenoxy) is 1. The van der Waals surface area contributed by atoms with E-state index >= 15 is 0 Å². The number of carbonyl (C=O) groups is 2. The Morgan fingerprint density at radius 1 is 1.24 bits per heavy atom. The van der Waals surface area contributed by atoms with Gasteiger partial charge in [0.15, 0.2) is 23.5 Å². The van der Waals surface area contributed by atoms with E-state index in [0.717, 1.165) is 12.8 Å². The predicted molar refractivity (Wildman–Crippen MR) is 69.2 cm³/mol. The van der Waals surface area contributed by atoms with Crippen LogP contribution in [0.5, 0.6) is 5.75 Å². The van der Waals surface area contributed by atoms with Gasteiger partial charge >= 0.3 is 5.97 Å². The van der Waals surface area contributed by atoms with Crippen LogP contribution in [0.25, 0.3) is 0 Å². The van der Waals surface area contributed by atoms with Gasteiger partial charge in [-0.2, -0.15) is 0 Å². The maximum absolute atomic E-state index is 13.7. The summed E-state index contributed by atoms with van der Waals surface area (Å²) in [5.74, 6) is -4.81. The molecular weight excluding hydrogens is 284 g/mol. The highest BCUT2D eigenvalue weighted by Gasteiger charge is 2.26. The lowest BCUT2D eigenvalue weighted by molar-refractivity contribution is -0.136. The van der Waals surface area contributed by atoms with Gasteiger partial charge in [0.2, 0.25) is 0 Å². The molecule has 0 bridgehead atoms. The molecule has 7 heteroatoms. The molecule has 0 aliphatic carbocycles. The first-order valence-electron chi connectivity index (χ1n) is 6.58. The number of amides is 1. The standard InChI is InChI=1S/C14H15F2NO4/c1-8(13(18)17-4-2-3-5-17)21-12-10(15)6-9(14(19)20)7-11(12)16/h6-8H,2-5H2,1H3,(H,19,20). The molecular formula is C14H15F2NO4. The molecule has 1 aromatic rings. The minimum Gasteiger partial charge on any atom is -0.478 e. The van der Waals surface area contributed by atoms with Crippen LogP contribution in [-0.2, 0) is 4.79 Å². The Morgan fingerprint density at radius 2 is 1.76 bits per heavy atom. The molecule has 1 aromatic carbocycles. The van der Waals surface area contributed by atoms with Crippen molar-refractivity contribution in [1.29, 1.82) is 0 Å². The van der Waals surface area contributed by atoms with Crippen molar-refractivity contribution in [3.8, 4) is 5.75 Å². The number of halogens is 2. The number of carbonyl (C=O) groups excluding carboxylic acids is 1. The number of hydrogen-bond acceptors (Lipinski definition) is 3. The second-order valence-electron chi connectivity index (χ2n) is 4.87. The number of rotatable bonds is 4. The fourth-order valence-electron chi connectivity index (χ4n) is 2.22. The van der Waals surface area contributed by atoms with Crippen LogP contribution in [0.1, 0.15) is 30.1 Å². The van der Waals surface area contributed by atoms with Crippen LogP contribution in [0.4, 0.5) is 8.78 Å². The third kappa shape index (κ3) is 3.29. The second-order valence-corrected chi connectivity index (χ2v) is 4.87. The van der Waals surface area contributed by atoms with Gasteiger partial charge in [-0.3, -0.25) is 4.79 Å². The molecule has 0 spiro atoms. The minimum atomic E-state index is -1.44. The van der Waals surface area contributed by atoms with Crippen LogP contribution in [0.3, 0.4) is 0 Å². The summed E-state index contributed by atoms with van der Waals surface area (Å²) in [7, 11) is 0. The van der Waals surface area contributed by atoms with Crippen molar-refractivity contribution in [3.63, 3.8) is 0 Å². The van der Waals surface area contributed by atoms with Crippen LogP contribution < -0.4 is 4.74 Å². The quantitative estimate of drug-likeness (QED) is 0.924. The van der Waals surface area contributed by atoms with Crippen LogP contribution in [0, 0.1) is 11.6 Å². The average molecular weight is 299 g/mol. The molecule has 1 aliphatic heterocycles. The van der Waals surface area contributed by atoms with E-state index in [0.29, 0.717) is 25.2 Å². The Bertz CT molecular complexity index is 547. The topological polar surface area (TPSA) is 66.8 Å². The molecule has 1 N–H and O–H groups in total. The van der Waals surface area contributed by atoms with Gasteiger partial charge in [0.1, 0.15) is 0 Å². The largest absolute Gasteiger partial charge is 0.478 e. The summed E-state index contributed by atoms with van der Waals surface area (Å²) in [5.41, 5.74) is -0.518. The first kappa shape index (κ1) is 15.2. The van der Waals surface area contributed by atoms with Crippen molar-refractivity contribution in [2.24, 2.45) is 0 Å². The molecule has 1 saturated heterocycles. The smallest absolute Gasteiger partial charge is 0.335 e. The molecule has 1 heterocycles. The molecule has 1 amide bonds. The van der Waals surface area contributed by atoms with Gasteiger partial charge in [-0.05, 0) is 31.9 Å². The molecule has 1 unspecified atom stereocenters. The molecule has 1 fully saturated rings. The molecule has 1 atom stereocenters. The second kappa shape index (κ2) is 6.07. The lowest BCUT2D eigenvalue weighted by Gasteiger charge is -2.21. The summed E-state index contributed by atoms with van der Waals surface area (Å²) < 4.78 is 32.5. The van der Waals surface area contributed by atoms with E-state index in [1.165, 1.54) is 6.92 Å². The van der Waals surface area contributed by atoms with E-state index in [4.69, 9.17) is 9.84 Å². The van der Waals surface area contributed by atoms with Gasteiger partial charge in [-0.1, -0.05) is 0 Å². The Morgan fingerprint density at radius 3 is 2.24 bits per heavy atom. The molecule has 1 aliphatic rings. The number of likely N-dealkylation sites (tertiary alicyclic amines) is 1. The normalized spacial score (nSPS) is 15.9. The molecule has 2 rings (SSSR count). The van der Waals surface area contributed by atoms with Crippen molar-refractivity contribution in [2.75, 3.05) is 13.1 Å². The summed E-state index contributed by atoms with van der Waals surface area (Å²) >= 11 is 0. The van der Waals surface area contributed by atoms with Crippen molar-refractivity contribution in [1.82, 2.24) is 4.90 Å². The first-order chi connectivity index (χ1) is 9.90. The average Bonchev–Trinajstić information content (AvgIpc) is 2.95. The van der Waals surface area contributed by atoms with Crippen LogP contribution >= 0.6 is 0 Å². The van der Waals surface area contributed by atoms with Gasteiger partial charge in [-0.25, -0.2) is 13.6 Å². The monoisotopic (exact) mass is 299 g/mol. The number of carboxylic acid groups (broad SMARTS) is 1. The molecule has 114 valence electrons. The lowest BCUT2D eigenvalue weighted by Crippen LogP contribution is -2.38. The number of nitrogens with zero attached hydrogens (tertiary/aromatic N) is 1. The van der Waals surface area contributed by atoms with E-state index < -0.39 is 35.0 Å². The summed E-state index contributed by atoms with van der Waals surface area (Å²) in [6.45, 7) is 2.62. The summed E-state index contributed by atoms with van der Waals surface area (Å²) in [6, 6.07) is 1.32. The Kier molecular flexibility index (Phi) is 4.40. The fraction of sp³-hybridized carbons (Fsp3) is 0.429. The molecule has 5 nitrogen and oxygen atoms in total. The van der Waals surface area contributed by atoms with Crippen molar-refractivity contribution >= 4 is 11.9 Å². The number of carboxylic acids is 1. The van der Waals surface area contributed by atoms with Crippen LogP contribution in [0.2, 0.25) is 0 Å².